The maximum absolute atomic E-state index is 11.7. The Morgan fingerprint density at radius 2 is 1.14 bits per heavy atom. The topological polar surface area (TPSA) is 82.9 Å². The van der Waals surface area contributed by atoms with Gasteiger partial charge in [0, 0.05) is 34.0 Å². The number of halogens is 2. The zero-order valence-electron chi connectivity index (χ0n) is 15.1. The van der Waals surface area contributed by atoms with E-state index in [1.807, 2.05) is 24.3 Å². The molecule has 0 fully saturated rings. The molecule has 8 heteroatoms. The zero-order chi connectivity index (χ0) is 20.2. The number of carbonyl (C=O) groups excluding carboxylic acids is 2. The Balaban J connectivity index is 1.60. The molecule has 0 aromatic heterocycles. The third-order valence-electron chi connectivity index (χ3n) is 3.65. The number of benzene rings is 2. The van der Waals surface area contributed by atoms with Crippen molar-refractivity contribution in [3.63, 3.8) is 0 Å². The lowest BCUT2D eigenvalue weighted by Crippen LogP contribution is -2.19. The molecule has 0 aliphatic heterocycles. The van der Waals surface area contributed by atoms with Crippen LogP contribution in [0.1, 0.15) is 36.8 Å². The van der Waals surface area contributed by atoms with Gasteiger partial charge >= 0.3 is 0 Å². The number of amides is 2. The first kappa shape index (κ1) is 21.6. The summed E-state index contributed by atoms with van der Waals surface area (Å²) in [6.07, 6.45) is 4.66. The molecule has 0 saturated carbocycles. The molecule has 0 spiro atoms. The van der Waals surface area contributed by atoms with E-state index in [9.17, 15) is 9.59 Å². The van der Waals surface area contributed by atoms with E-state index in [0.717, 1.165) is 11.1 Å². The Labute approximate surface area is 173 Å². The quantitative estimate of drug-likeness (QED) is 0.364. The molecule has 0 aliphatic carbocycles. The first-order chi connectivity index (χ1) is 13.6. The van der Waals surface area contributed by atoms with Gasteiger partial charge in [0.05, 0.1) is 12.4 Å². The molecule has 2 aromatic rings. The number of unbranched alkanes of at least 4 members (excludes halogenated alkanes) is 1. The van der Waals surface area contributed by atoms with Crippen molar-refractivity contribution in [1.82, 2.24) is 10.9 Å². The number of hydrazone groups is 2. The maximum atomic E-state index is 11.7. The van der Waals surface area contributed by atoms with Crippen molar-refractivity contribution in [2.75, 3.05) is 0 Å². The monoisotopic (exact) mass is 418 g/mol. The lowest BCUT2D eigenvalue weighted by Gasteiger charge is -2.01. The van der Waals surface area contributed by atoms with Gasteiger partial charge in [0.25, 0.3) is 0 Å². The zero-order valence-corrected chi connectivity index (χ0v) is 16.6. The molecule has 0 bridgehead atoms. The minimum absolute atomic E-state index is 0.222. The van der Waals surface area contributed by atoms with E-state index in [-0.39, 0.29) is 24.7 Å². The van der Waals surface area contributed by atoms with E-state index in [1.165, 1.54) is 12.4 Å². The van der Waals surface area contributed by atoms with Crippen LogP contribution in [0.4, 0.5) is 0 Å². The Bertz CT molecular complexity index is 797. The average Bonchev–Trinajstić information content (AvgIpc) is 2.68. The van der Waals surface area contributed by atoms with Gasteiger partial charge in [-0.25, -0.2) is 10.9 Å². The lowest BCUT2D eigenvalue weighted by atomic mass is 10.2. The molecule has 0 radical (unpaired) electrons. The molecule has 28 heavy (non-hydrogen) atoms. The molecule has 2 amide bonds. The molecule has 2 rings (SSSR count). The Hall–Kier alpha value is -2.70. The van der Waals surface area contributed by atoms with Crippen LogP contribution >= 0.6 is 23.2 Å². The fraction of sp³-hybridized carbons (Fsp3) is 0.200. The molecule has 0 unspecified atom stereocenters. The summed E-state index contributed by atoms with van der Waals surface area (Å²) in [7, 11) is 0. The second kappa shape index (κ2) is 11.9. The van der Waals surface area contributed by atoms with Crippen molar-refractivity contribution < 1.29 is 9.59 Å². The Morgan fingerprint density at radius 1 is 0.750 bits per heavy atom. The molecule has 2 aromatic carbocycles. The summed E-state index contributed by atoms with van der Waals surface area (Å²) in [5, 5.41) is 8.87. The first-order valence-corrected chi connectivity index (χ1v) is 9.44. The van der Waals surface area contributed by atoms with Gasteiger partial charge in [-0.05, 0) is 25.0 Å². The second-order valence-corrected chi connectivity index (χ2v) is 6.65. The minimum atomic E-state index is -0.222. The predicted molar refractivity (Wildman–Crippen MR) is 113 cm³/mol. The number of nitrogens with zero attached hydrogens (tertiary/aromatic N) is 2. The summed E-state index contributed by atoms with van der Waals surface area (Å²) in [5.41, 5.74) is 6.32. The van der Waals surface area contributed by atoms with Crippen LogP contribution in [0.3, 0.4) is 0 Å². The number of hydrogen-bond donors (Lipinski definition) is 2. The van der Waals surface area contributed by atoms with Crippen LogP contribution in [-0.2, 0) is 9.59 Å². The predicted octanol–water partition coefficient (Wildman–Crippen LogP) is 4.15. The summed E-state index contributed by atoms with van der Waals surface area (Å²) >= 11 is 12.0. The van der Waals surface area contributed by atoms with Crippen molar-refractivity contribution in [2.45, 2.75) is 25.7 Å². The molecule has 2 N–H and O–H groups in total. The van der Waals surface area contributed by atoms with E-state index in [1.54, 1.807) is 24.3 Å². The third kappa shape index (κ3) is 7.90. The van der Waals surface area contributed by atoms with Crippen LogP contribution in [-0.4, -0.2) is 24.2 Å². The third-order valence-corrected chi connectivity index (χ3v) is 4.34. The SMILES string of the molecule is O=C(CCCCC(=O)NN=Cc1ccccc1Cl)NN=Cc1ccccc1Cl. The summed E-state index contributed by atoms with van der Waals surface area (Å²) in [6.45, 7) is 0. The second-order valence-electron chi connectivity index (χ2n) is 5.84. The summed E-state index contributed by atoms with van der Waals surface area (Å²) in [4.78, 5) is 23.5. The first-order valence-electron chi connectivity index (χ1n) is 8.69. The summed E-state index contributed by atoms with van der Waals surface area (Å²) in [6, 6.07) is 14.4. The lowest BCUT2D eigenvalue weighted by molar-refractivity contribution is -0.123. The highest BCUT2D eigenvalue weighted by Gasteiger charge is 2.03. The van der Waals surface area contributed by atoms with Crippen molar-refractivity contribution in [3.05, 3.63) is 69.7 Å². The highest BCUT2D eigenvalue weighted by Crippen LogP contribution is 2.12. The van der Waals surface area contributed by atoms with Gasteiger partial charge in [-0.15, -0.1) is 0 Å². The summed E-state index contributed by atoms with van der Waals surface area (Å²) < 4.78 is 0. The van der Waals surface area contributed by atoms with Gasteiger partial charge in [-0.1, -0.05) is 59.6 Å². The molecule has 0 aliphatic rings. The van der Waals surface area contributed by atoms with Gasteiger partial charge in [0.1, 0.15) is 0 Å². The van der Waals surface area contributed by atoms with Crippen molar-refractivity contribution in [1.29, 1.82) is 0 Å². The van der Waals surface area contributed by atoms with Crippen molar-refractivity contribution in [3.8, 4) is 0 Å². The minimum Gasteiger partial charge on any atom is -0.273 e. The van der Waals surface area contributed by atoms with Gasteiger partial charge in [-0.2, -0.15) is 10.2 Å². The van der Waals surface area contributed by atoms with E-state index in [2.05, 4.69) is 21.1 Å². The van der Waals surface area contributed by atoms with Crippen LogP contribution in [0.5, 0.6) is 0 Å². The van der Waals surface area contributed by atoms with E-state index in [0.29, 0.717) is 22.9 Å². The number of carbonyl (C=O) groups is 2. The van der Waals surface area contributed by atoms with Crippen LogP contribution in [0.15, 0.2) is 58.7 Å². The van der Waals surface area contributed by atoms with Crippen LogP contribution in [0, 0.1) is 0 Å². The van der Waals surface area contributed by atoms with E-state index in [4.69, 9.17) is 23.2 Å². The Morgan fingerprint density at radius 3 is 1.54 bits per heavy atom. The van der Waals surface area contributed by atoms with Crippen LogP contribution in [0.2, 0.25) is 10.0 Å². The standard InChI is InChI=1S/C20H20Cl2N4O2/c21-17-9-3-1-7-15(17)13-23-25-19(27)11-5-6-12-20(28)26-24-14-16-8-2-4-10-18(16)22/h1-4,7-10,13-14H,5-6,11-12H2,(H,25,27)(H,26,28). The molecule has 0 heterocycles. The molecule has 0 saturated heterocycles. The number of hydrogen-bond acceptors (Lipinski definition) is 4. The molecule has 146 valence electrons. The van der Waals surface area contributed by atoms with Gasteiger partial charge in [0.15, 0.2) is 0 Å². The highest BCUT2D eigenvalue weighted by molar-refractivity contribution is 6.33. The van der Waals surface area contributed by atoms with Gasteiger partial charge in [-0.3, -0.25) is 9.59 Å². The van der Waals surface area contributed by atoms with Gasteiger partial charge in [0.2, 0.25) is 11.8 Å². The highest BCUT2D eigenvalue weighted by atomic mass is 35.5. The van der Waals surface area contributed by atoms with Crippen LogP contribution < -0.4 is 10.9 Å². The van der Waals surface area contributed by atoms with Crippen molar-refractivity contribution >= 4 is 47.4 Å². The largest absolute Gasteiger partial charge is 0.273 e. The number of rotatable bonds is 9. The Kier molecular flexibility index (Phi) is 9.18. The van der Waals surface area contributed by atoms with E-state index >= 15 is 0 Å². The molecule has 6 nitrogen and oxygen atoms in total. The number of nitrogens with one attached hydrogen (secondary N) is 2. The maximum Gasteiger partial charge on any atom is 0.240 e. The molecule has 0 atom stereocenters. The fourth-order valence-electron chi connectivity index (χ4n) is 2.19. The van der Waals surface area contributed by atoms with Crippen molar-refractivity contribution in [2.24, 2.45) is 10.2 Å². The average molecular weight is 419 g/mol. The normalized spacial score (nSPS) is 11.1. The smallest absolute Gasteiger partial charge is 0.240 e. The van der Waals surface area contributed by atoms with E-state index < -0.39 is 0 Å². The van der Waals surface area contributed by atoms with Crippen LogP contribution in [0.25, 0.3) is 0 Å². The fourth-order valence-corrected chi connectivity index (χ4v) is 2.56. The molecular formula is C20H20Cl2N4O2. The molecular weight excluding hydrogens is 399 g/mol. The summed E-state index contributed by atoms with van der Waals surface area (Å²) in [5.74, 6) is -0.444. The van der Waals surface area contributed by atoms with Gasteiger partial charge < -0.3 is 0 Å².